The normalized spacial score (nSPS) is 16.6. The van der Waals surface area contributed by atoms with Gasteiger partial charge in [0, 0.05) is 11.6 Å². The van der Waals surface area contributed by atoms with Crippen molar-refractivity contribution in [3.05, 3.63) is 173 Å². The summed E-state index contributed by atoms with van der Waals surface area (Å²) in [5.41, 5.74) is 7.45. The van der Waals surface area contributed by atoms with Gasteiger partial charge in [0.15, 0.2) is 0 Å². The van der Waals surface area contributed by atoms with E-state index in [1.54, 1.807) is 12.1 Å². The highest BCUT2D eigenvalue weighted by molar-refractivity contribution is 7.90. The average Bonchev–Trinajstić information content (AvgIpc) is 3.56. The fraction of sp³-hybridized carbons (Fsp3) is 0.0556. The lowest BCUT2D eigenvalue weighted by molar-refractivity contribution is 0.589. The van der Waals surface area contributed by atoms with E-state index in [0.717, 1.165) is 44.3 Å². The molecule has 1 atom stereocenters. The second-order valence-corrected chi connectivity index (χ2v) is 12.1. The Bertz CT molecular complexity index is 2000. The molecule has 0 amide bonds. The molecule has 0 radical (unpaired) electrons. The maximum Gasteiger partial charge on any atom is 0.268 e. The summed E-state index contributed by atoms with van der Waals surface area (Å²) in [6, 6.07) is 44.2. The van der Waals surface area contributed by atoms with E-state index >= 15 is 0 Å². The molecule has 7 rings (SSSR count). The van der Waals surface area contributed by atoms with Crippen LogP contribution in [-0.2, 0) is 15.4 Å². The Balaban J connectivity index is 1.61. The van der Waals surface area contributed by atoms with Crippen LogP contribution >= 0.6 is 0 Å². The van der Waals surface area contributed by atoms with E-state index in [0.29, 0.717) is 5.52 Å². The summed E-state index contributed by atoms with van der Waals surface area (Å²) in [4.78, 5) is 0.268. The van der Waals surface area contributed by atoms with E-state index in [2.05, 4.69) is 78.9 Å². The van der Waals surface area contributed by atoms with Crippen LogP contribution in [0.3, 0.4) is 0 Å². The zero-order valence-corrected chi connectivity index (χ0v) is 22.8. The van der Waals surface area contributed by atoms with Crippen LogP contribution in [0.15, 0.2) is 145 Å². The number of para-hydroxylation sites is 1. The third-order valence-corrected chi connectivity index (χ3v) is 9.71. The minimum Gasteiger partial charge on any atom is -0.241 e. The van der Waals surface area contributed by atoms with Gasteiger partial charge < -0.3 is 0 Å². The summed E-state index contributed by atoms with van der Waals surface area (Å²) in [5, 5.41) is 0.903. The van der Waals surface area contributed by atoms with E-state index < -0.39 is 15.4 Å². The molecule has 1 aliphatic rings. The molecule has 1 heterocycles. The lowest BCUT2D eigenvalue weighted by atomic mass is 9.65. The van der Waals surface area contributed by atoms with Crippen LogP contribution in [0.4, 0.5) is 0 Å². The van der Waals surface area contributed by atoms with Crippen molar-refractivity contribution in [2.75, 3.05) is 0 Å². The van der Waals surface area contributed by atoms with Crippen LogP contribution in [-0.4, -0.2) is 12.4 Å². The quantitative estimate of drug-likeness (QED) is 0.223. The lowest BCUT2D eigenvalue weighted by Crippen LogP contribution is -2.29. The molecule has 194 valence electrons. The lowest BCUT2D eigenvalue weighted by Gasteiger charge is -2.35. The second kappa shape index (κ2) is 9.22. The summed E-state index contributed by atoms with van der Waals surface area (Å²) in [6.07, 6.45) is 4.12. The van der Waals surface area contributed by atoms with Crippen LogP contribution < -0.4 is 0 Å². The highest BCUT2D eigenvalue weighted by Gasteiger charge is 2.47. The molecule has 0 spiro atoms. The molecule has 0 saturated carbocycles. The summed E-state index contributed by atoms with van der Waals surface area (Å²) >= 11 is 0. The van der Waals surface area contributed by atoms with E-state index in [1.807, 2.05) is 61.7 Å². The predicted octanol–water partition coefficient (Wildman–Crippen LogP) is 8.08. The number of benzene rings is 5. The highest BCUT2D eigenvalue weighted by Crippen LogP contribution is 2.56. The molecule has 40 heavy (non-hydrogen) atoms. The number of aryl methyl sites for hydroxylation is 1. The van der Waals surface area contributed by atoms with Gasteiger partial charge in [-0.2, -0.15) is 0 Å². The topological polar surface area (TPSA) is 39.1 Å². The van der Waals surface area contributed by atoms with Crippen molar-refractivity contribution in [3.8, 4) is 0 Å². The number of aromatic nitrogens is 1. The molecule has 5 aromatic carbocycles. The number of fused-ring (bicyclic) bond motifs is 2. The first-order valence-corrected chi connectivity index (χ1v) is 14.8. The third-order valence-electron chi connectivity index (χ3n) is 8.02. The molecule has 0 N–H and O–H groups in total. The van der Waals surface area contributed by atoms with Gasteiger partial charge in [0.05, 0.1) is 15.8 Å². The van der Waals surface area contributed by atoms with Gasteiger partial charge in [-0.15, -0.1) is 0 Å². The molecule has 1 aromatic heterocycles. The van der Waals surface area contributed by atoms with E-state index in [-0.39, 0.29) is 4.90 Å². The summed E-state index contributed by atoms with van der Waals surface area (Å²) in [6.45, 7) is 1.96. The Morgan fingerprint density at radius 1 is 0.625 bits per heavy atom. The molecule has 3 nitrogen and oxygen atoms in total. The van der Waals surface area contributed by atoms with Crippen molar-refractivity contribution in [1.82, 2.24) is 3.97 Å². The van der Waals surface area contributed by atoms with Crippen molar-refractivity contribution in [1.29, 1.82) is 0 Å². The van der Waals surface area contributed by atoms with Crippen molar-refractivity contribution in [2.24, 2.45) is 0 Å². The van der Waals surface area contributed by atoms with Crippen LogP contribution in [0.5, 0.6) is 0 Å². The van der Waals surface area contributed by atoms with Crippen molar-refractivity contribution in [3.63, 3.8) is 0 Å². The molecule has 6 aromatic rings. The van der Waals surface area contributed by atoms with Crippen LogP contribution in [0, 0.1) is 6.92 Å². The van der Waals surface area contributed by atoms with Gasteiger partial charge in [-0.1, -0.05) is 121 Å². The molecule has 1 aliphatic carbocycles. The third kappa shape index (κ3) is 3.53. The Labute approximate surface area is 234 Å². The molecular weight excluding hydrogens is 510 g/mol. The van der Waals surface area contributed by atoms with E-state index in [1.165, 1.54) is 3.97 Å². The smallest absolute Gasteiger partial charge is 0.241 e. The summed E-state index contributed by atoms with van der Waals surface area (Å²) < 4.78 is 29.8. The minimum atomic E-state index is -3.86. The Morgan fingerprint density at radius 3 is 2.00 bits per heavy atom. The SMILES string of the molecule is Cc1ccc(S(=O)(=O)n2cc(C3(c4ccccc4)C(c4ccccc4)=Cc4ccccc43)c3ccccc32)cc1. The Kier molecular flexibility index (Phi) is 5.62. The van der Waals surface area contributed by atoms with Crippen LogP contribution in [0.2, 0.25) is 0 Å². The molecule has 4 heteroatoms. The van der Waals surface area contributed by atoms with E-state index in [9.17, 15) is 8.42 Å². The predicted molar refractivity (Wildman–Crippen MR) is 163 cm³/mol. The van der Waals surface area contributed by atoms with Gasteiger partial charge in [0.2, 0.25) is 0 Å². The molecular formula is C36H27NO2S. The highest BCUT2D eigenvalue weighted by atomic mass is 32.2. The second-order valence-electron chi connectivity index (χ2n) is 10.3. The monoisotopic (exact) mass is 537 g/mol. The fourth-order valence-corrected chi connectivity index (χ4v) is 7.58. The van der Waals surface area contributed by atoms with Gasteiger partial charge in [0.25, 0.3) is 10.0 Å². The first-order chi connectivity index (χ1) is 19.5. The van der Waals surface area contributed by atoms with Gasteiger partial charge in [-0.25, -0.2) is 12.4 Å². The van der Waals surface area contributed by atoms with Crippen LogP contribution in [0.1, 0.15) is 33.4 Å². The zero-order valence-electron chi connectivity index (χ0n) is 22.0. The number of allylic oxidation sites excluding steroid dienone is 1. The van der Waals surface area contributed by atoms with Gasteiger partial charge in [-0.3, -0.25) is 0 Å². The first kappa shape index (κ1) is 24.4. The Morgan fingerprint density at radius 2 is 1.25 bits per heavy atom. The van der Waals surface area contributed by atoms with Gasteiger partial charge >= 0.3 is 0 Å². The summed E-state index contributed by atoms with van der Waals surface area (Å²) in [7, 11) is -3.86. The zero-order chi connectivity index (χ0) is 27.3. The first-order valence-electron chi connectivity index (χ1n) is 13.4. The average molecular weight is 538 g/mol. The number of nitrogens with zero attached hydrogens (tertiary/aromatic N) is 1. The molecule has 0 fully saturated rings. The largest absolute Gasteiger partial charge is 0.268 e. The molecule has 1 unspecified atom stereocenters. The van der Waals surface area contributed by atoms with E-state index in [4.69, 9.17) is 0 Å². The molecule has 0 saturated heterocycles. The molecule has 0 aliphatic heterocycles. The maximum absolute atomic E-state index is 14.2. The Hall–Kier alpha value is -4.67. The fourth-order valence-electron chi connectivity index (χ4n) is 6.21. The number of hydrogen-bond donors (Lipinski definition) is 0. The minimum absolute atomic E-state index is 0.268. The van der Waals surface area contributed by atoms with Crippen molar-refractivity contribution < 1.29 is 8.42 Å². The summed E-state index contributed by atoms with van der Waals surface area (Å²) in [5.74, 6) is 0. The van der Waals surface area contributed by atoms with Gasteiger partial charge in [0.1, 0.15) is 0 Å². The maximum atomic E-state index is 14.2. The van der Waals surface area contributed by atoms with Crippen molar-refractivity contribution in [2.45, 2.75) is 17.2 Å². The van der Waals surface area contributed by atoms with Crippen LogP contribution in [0.25, 0.3) is 22.6 Å². The molecule has 0 bridgehead atoms. The van der Waals surface area contributed by atoms with Crippen molar-refractivity contribution >= 4 is 32.6 Å². The number of hydrogen-bond acceptors (Lipinski definition) is 2. The number of rotatable bonds is 5. The van der Waals surface area contributed by atoms with Gasteiger partial charge in [-0.05, 0) is 64.6 Å². The standard InChI is InChI=1S/C36H27NO2S/c1-26-20-22-30(23-21-26)40(38,39)37-25-34(31-17-9-11-19-35(31)37)36(29-15-6-3-7-16-29)32-18-10-8-14-28(32)24-33(36)27-12-4-2-5-13-27/h2-25H,1H3.